The van der Waals surface area contributed by atoms with Crippen molar-refractivity contribution in [2.45, 2.75) is 84.6 Å². The molecule has 3 aromatic rings. The molecule has 0 spiro atoms. The van der Waals surface area contributed by atoms with Crippen LogP contribution < -0.4 is 10.2 Å². The summed E-state index contributed by atoms with van der Waals surface area (Å²) < 4.78 is 44.9. The van der Waals surface area contributed by atoms with E-state index in [1.165, 1.54) is 31.5 Å². The zero-order valence-electron chi connectivity index (χ0n) is 23.6. The van der Waals surface area contributed by atoms with Gasteiger partial charge in [-0.05, 0) is 44.4 Å². The second-order valence-corrected chi connectivity index (χ2v) is 10.9. The molecule has 7 heteroatoms. The molecule has 0 saturated carbocycles. The van der Waals surface area contributed by atoms with Crippen LogP contribution in [-0.2, 0) is 11.3 Å². The van der Waals surface area contributed by atoms with Crippen LogP contribution in [0, 0.1) is 18.7 Å². The zero-order valence-corrected chi connectivity index (χ0v) is 23.6. The third-order valence-corrected chi connectivity index (χ3v) is 8.25. The standard InChI is InChI=1S/C31H39F3N4/c1-9-11-15-30(10-2)20(6)38(8)27-16-23-26(17-25(27)30)36-21(7)37-29(23)35-19(5)22-13-12-14-24(28(22)32)31(33,34)18(3)4/h12-14,16-19H,6,9-11,15H2,1-5,7-8H3,(H,35,36,37)/t19-,30?/m1/s1. The third kappa shape index (κ3) is 4.44. The molecule has 1 N–H and O–H groups in total. The predicted molar refractivity (Wildman–Crippen MR) is 150 cm³/mol. The van der Waals surface area contributed by atoms with Crippen LogP contribution in [0.5, 0.6) is 0 Å². The van der Waals surface area contributed by atoms with E-state index in [0.29, 0.717) is 11.6 Å². The minimum atomic E-state index is -3.27. The molecule has 0 fully saturated rings. The average molecular weight is 525 g/mol. The lowest BCUT2D eigenvalue weighted by Gasteiger charge is -2.31. The van der Waals surface area contributed by atoms with E-state index in [2.05, 4.69) is 47.8 Å². The fraction of sp³-hybridized carbons (Fsp3) is 0.484. The second-order valence-electron chi connectivity index (χ2n) is 10.9. The van der Waals surface area contributed by atoms with E-state index in [0.717, 1.165) is 48.0 Å². The average Bonchev–Trinajstić information content (AvgIpc) is 3.07. The molecular formula is C31H39F3N4. The summed E-state index contributed by atoms with van der Waals surface area (Å²) in [7, 11) is 2.04. The molecule has 1 aromatic heterocycles. The summed E-state index contributed by atoms with van der Waals surface area (Å²) in [5, 5.41) is 4.10. The van der Waals surface area contributed by atoms with Gasteiger partial charge in [0.2, 0.25) is 0 Å². The summed E-state index contributed by atoms with van der Waals surface area (Å²) in [6.45, 7) is 15.2. The fourth-order valence-corrected chi connectivity index (χ4v) is 5.74. The maximum Gasteiger partial charge on any atom is 0.278 e. The van der Waals surface area contributed by atoms with Crippen LogP contribution in [0.3, 0.4) is 0 Å². The first-order chi connectivity index (χ1) is 17.9. The topological polar surface area (TPSA) is 41.0 Å². The number of aryl methyl sites for hydroxylation is 1. The number of fused-ring (bicyclic) bond motifs is 2. The normalized spacial score (nSPS) is 18.4. The number of hydrogen-bond acceptors (Lipinski definition) is 4. The minimum Gasteiger partial charge on any atom is -0.363 e. The number of rotatable bonds is 9. The van der Waals surface area contributed by atoms with Crippen molar-refractivity contribution < 1.29 is 13.2 Å². The molecule has 0 bridgehead atoms. The largest absolute Gasteiger partial charge is 0.363 e. The number of alkyl halides is 2. The maximum absolute atomic E-state index is 15.4. The van der Waals surface area contributed by atoms with Crippen molar-refractivity contribution in [3.63, 3.8) is 0 Å². The van der Waals surface area contributed by atoms with Gasteiger partial charge < -0.3 is 10.2 Å². The van der Waals surface area contributed by atoms with Crippen LogP contribution in [0.2, 0.25) is 0 Å². The van der Waals surface area contributed by atoms with Crippen LogP contribution in [0.4, 0.5) is 24.7 Å². The summed E-state index contributed by atoms with van der Waals surface area (Å²) in [5.74, 6) is -4.06. The first kappa shape index (κ1) is 27.9. The Hall–Kier alpha value is -3.09. The van der Waals surface area contributed by atoms with Crippen LogP contribution in [0.15, 0.2) is 42.6 Å². The molecule has 2 aromatic carbocycles. The SMILES string of the molecule is C=C1N(C)c2cc3c(N[C@H](C)c4cccc(C(F)(F)C(C)C)c4F)nc(C)nc3cc2C1(CC)CCCC. The predicted octanol–water partition coefficient (Wildman–Crippen LogP) is 8.80. The molecular weight excluding hydrogens is 485 g/mol. The van der Waals surface area contributed by atoms with Crippen molar-refractivity contribution in [1.82, 2.24) is 9.97 Å². The van der Waals surface area contributed by atoms with Crippen molar-refractivity contribution in [3.05, 3.63) is 70.9 Å². The number of nitrogens with one attached hydrogen (secondary N) is 1. The van der Waals surface area contributed by atoms with E-state index in [-0.39, 0.29) is 11.0 Å². The molecule has 0 saturated heterocycles. The number of benzene rings is 2. The highest BCUT2D eigenvalue weighted by atomic mass is 19.3. The summed E-state index contributed by atoms with van der Waals surface area (Å²) in [6, 6.07) is 7.82. The van der Waals surface area contributed by atoms with Crippen LogP contribution >= 0.6 is 0 Å². The van der Waals surface area contributed by atoms with E-state index in [1.807, 2.05) is 14.0 Å². The Labute approximate surface area is 224 Å². The maximum atomic E-state index is 15.4. The van der Waals surface area contributed by atoms with Gasteiger partial charge >= 0.3 is 0 Å². The zero-order chi connectivity index (χ0) is 28.0. The van der Waals surface area contributed by atoms with Gasteiger partial charge in [0, 0.05) is 40.7 Å². The van der Waals surface area contributed by atoms with Gasteiger partial charge in [-0.15, -0.1) is 0 Å². The van der Waals surface area contributed by atoms with Gasteiger partial charge in [-0.25, -0.2) is 23.1 Å². The summed E-state index contributed by atoms with van der Waals surface area (Å²) >= 11 is 0. The van der Waals surface area contributed by atoms with Gasteiger partial charge in [0.05, 0.1) is 17.1 Å². The molecule has 0 aliphatic carbocycles. The van der Waals surface area contributed by atoms with Gasteiger partial charge in [-0.1, -0.05) is 65.3 Å². The van der Waals surface area contributed by atoms with E-state index in [4.69, 9.17) is 4.98 Å². The third-order valence-electron chi connectivity index (χ3n) is 8.25. The lowest BCUT2D eigenvalue weighted by molar-refractivity contribution is -0.0545. The van der Waals surface area contributed by atoms with E-state index in [1.54, 1.807) is 13.0 Å². The smallest absolute Gasteiger partial charge is 0.278 e. The number of anilines is 2. The molecule has 204 valence electrons. The molecule has 38 heavy (non-hydrogen) atoms. The first-order valence-electron chi connectivity index (χ1n) is 13.6. The van der Waals surface area contributed by atoms with Crippen molar-refractivity contribution in [1.29, 1.82) is 0 Å². The highest BCUT2D eigenvalue weighted by molar-refractivity contribution is 5.95. The molecule has 4 nitrogen and oxygen atoms in total. The minimum absolute atomic E-state index is 0.140. The highest BCUT2D eigenvalue weighted by Crippen LogP contribution is 2.53. The lowest BCUT2D eigenvalue weighted by Crippen LogP contribution is -2.28. The summed E-state index contributed by atoms with van der Waals surface area (Å²) in [5.41, 5.74) is 3.61. The number of nitrogens with zero attached hydrogens (tertiary/aromatic N) is 3. The Bertz CT molecular complexity index is 1370. The second kappa shape index (κ2) is 10.2. The number of hydrogen-bond donors (Lipinski definition) is 1. The monoisotopic (exact) mass is 524 g/mol. The van der Waals surface area contributed by atoms with E-state index in [9.17, 15) is 8.78 Å². The van der Waals surface area contributed by atoms with Crippen molar-refractivity contribution in [2.24, 2.45) is 5.92 Å². The van der Waals surface area contributed by atoms with Crippen LogP contribution in [-0.4, -0.2) is 17.0 Å². The van der Waals surface area contributed by atoms with Gasteiger partial charge in [0.1, 0.15) is 17.5 Å². The molecule has 2 heterocycles. The number of halogens is 3. The molecule has 1 aliphatic rings. The molecule has 4 rings (SSSR count). The Morgan fingerprint density at radius 3 is 2.47 bits per heavy atom. The van der Waals surface area contributed by atoms with E-state index >= 15 is 4.39 Å². The Kier molecular flexibility index (Phi) is 7.52. The fourth-order valence-electron chi connectivity index (χ4n) is 5.74. The van der Waals surface area contributed by atoms with Gasteiger partial charge in [-0.2, -0.15) is 0 Å². The first-order valence-corrected chi connectivity index (χ1v) is 13.6. The summed E-state index contributed by atoms with van der Waals surface area (Å²) in [6.07, 6.45) is 4.17. The van der Waals surface area contributed by atoms with Crippen molar-refractivity contribution in [3.8, 4) is 0 Å². The highest BCUT2D eigenvalue weighted by Gasteiger charge is 2.44. The van der Waals surface area contributed by atoms with Crippen LogP contribution in [0.25, 0.3) is 10.9 Å². The van der Waals surface area contributed by atoms with Gasteiger partial charge in [0.25, 0.3) is 5.92 Å². The number of likely N-dealkylation sites (N-methyl/N-ethyl adjacent to an activating group) is 1. The molecule has 1 unspecified atom stereocenters. The Balaban J connectivity index is 1.80. The number of allylic oxidation sites excluding steroid dienone is 1. The summed E-state index contributed by atoms with van der Waals surface area (Å²) in [4.78, 5) is 11.5. The Morgan fingerprint density at radius 1 is 1.13 bits per heavy atom. The number of aromatic nitrogens is 2. The van der Waals surface area contributed by atoms with Crippen LogP contribution in [0.1, 0.15) is 88.9 Å². The molecule has 2 atom stereocenters. The van der Waals surface area contributed by atoms with Crippen molar-refractivity contribution >= 4 is 22.4 Å². The Morgan fingerprint density at radius 2 is 1.84 bits per heavy atom. The lowest BCUT2D eigenvalue weighted by atomic mass is 9.73. The van der Waals surface area contributed by atoms with Crippen molar-refractivity contribution in [2.75, 3.05) is 17.3 Å². The quantitative estimate of drug-likeness (QED) is 0.304. The van der Waals surface area contributed by atoms with Gasteiger partial charge in [0.15, 0.2) is 0 Å². The molecule has 0 amide bonds. The number of unbranched alkanes of at least 4 members (excludes halogenated alkanes) is 1. The van der Waals surface area contributed by atoms with Gasteiger partial charge in [-0.3, -0.25) is 0 Å². The molecule has 0 radical (unpaired) electrons. The molecule has 1 aliphatic heterocycles. The van der Waals surface area contributed by atoms with E-state index < -0.39 is 29.3 Å².